The van der Waals surface area contributed by atoms with E-state index in [9.17, 15) is 19.5 Å². The van der Waals surface area contributed by atoms with Crippen LogP contribution in [0, 0.1) is 0 Å². The number of aliphatic carboxylic acids is 1. The molecular formula is C21H20N2O6. The monoisotopic (exact) mass is 396 g/mol. The second-order valence-corrected chi connectivity index (χ2v) is 6.86. The number of rotatable bonds is 6. The van der Waals surface area contributed by atoms with Crippen molar-refractivity contribution in [2.24, 2.45) is 0 Å². The lowest BCUT2D eigenvalue weighted by atomic mass is 10.0. The summed E-state index contributed by atoms with van der Waals surface area (Å²) in [5, 5.41) is 12.1. The number of amides is 2. The third-order valence-corrected chi connectivity index (χ3v) is 4.97. The molecule has 8 nitrogen and oxygen atoms in total. The lowest BCUT2D eigenvalue weighted by Gasteiger charge is -2.29. The van der Waals surface area contributed by atoms with Crippen molar-refractivity contribution >= 4 is 23.5 Å². The minimum atomic E-state index is -1.17. The van der Waals surface area contributed by atoms with Crippen LogP contribution in [0.5, 0.6) is 11.5 Å². The normalized spacial score (nSPS) is 15.6. The number of carboxylic acids is 1. The van der Waals surface area contributed by atoms with Crippen molar-refractivity contribution in [1.29, 1.82) is 0 Å². The average Bonchev–Trinajstić information content (AvgIpc) is 3.19. The molecule has 2 aromatic rings. The molecule has 1 atom stereocenters. The Bertz CT molecular complexity index is 973. The van der Waals surface area contributed by atoms with Gasteiger partial charge >= 0.3 is 5.97 Å². The third kappa shape index (κ3) is 3.87. The van der Waals surface area contributed by atoms with Crippen LogP contribution in [-0.2, 0) is 20.8 Å². The highest BCUT2D eigenvalue weighted by Gasteiger charge is 2.27. The molecule has 1 unspecified atom stereocenters. The van der Waals surface area contributed by atoms with Gasteiger partial charge in [0.2, 0.25) is 5.91 Å². The lowest BCUT2D eigenvalue weighted by Crippen LogP contribution is -2.42. The largest absolute Gasteiger partial charge is 0.493 e. The number of hydrogen-bond donors (Lipinski definition) is 2. The van der Waals surface area contributed by atoms with Gasteiger partial charge in [0, 0.05) is 19.4 Å². The van der Waals surface area contributed by atoms with E-state index in [1.54, 1.807) is 42.5 Å². The van der Waals surface area contributed by atoms with Crippen LogP contribution in [0.3, 0.4) is 0 Å². The minimum absolute atomic E-state index is 0.0299. The Hall–Kier alpha value is -3.55. The molecule has 4 rings (SSSR count). The van der Waals surface area contributed by atoms with Gasteiger partial charge in [-0.05, 0) is 35.4 Å². The Balaban J connectivity index is 1.43. The van der Waals surface area contributed by atoms with Gasteiger partial charge in [-0.1, -0.05) is 18.2 Å². The SMILES string of the molecule is O=C(CCN1C(=O)COc2ccccc21)NC(C(=O)O)c1ccc2c(c1)CCO2. The van der Waals surface area contributed by atoms with Crippen LogP contribution in [-0.4, -0.2) is 42.6 Å². The number of hydrogen-bond acceptors (Lipinski definition) is 5. The number of carbonyl (C=O) groups excluding carboxylic acids is 2. The lowest BCUT2D eigenvalue weighted by molar-refractivity contribution is -0.142. The summed E-state index contributed by atoms with van der Waals surface area (Å²) >= 11 is 0. The van der Waals surface area contributed by atoms with Crippen LogP contribution in [0.1, 0.15) is 23.6 Å². The summed E-state index contributed by atoms with van der Waals surface area (Å²) < 4.78 is 10.8. The van der Waals surface area contributed by atoms with Crippen LogP contribution in [0.15, 0.2) is 42.5 Å². The van der Waals surface area contributed by atoms with Crippen molar-refractivity contribution in [1.82, 2.24) is 5.32 Å². The molecule has 29 heavy (non-hydrogen) atoms. The number of para-hydroxylation sites is 2. The van der Waals surface area contributed by atoms with E-state index in [0.717, 1.165) is 11.3 Å². The maximum absolute atomic E-state index is 12.5. The number of carboxylic acid groups (broad SMARTS) is 1. The van der Waals surface area contributed by atoms with Gasteiger partial charge in [-0.25, -0.2) is 4.79 Å². The predicted octanol–water partition coefficient (Wildman–Crippen LogP) is 1.68. The zero-order chi connectivity index (χ0) is 20.4. The first-order chi connectivity index (χ1) is 14.0. The molecule has 2 amide bonds. The summed E-state index contributed by atoms with van der Waals surface area (Å²) in [5.41, 5.74) is 2.02. The highest BCUT2D eigenvalue weighted by molar-refractivity contribution is 5.98. The molecule has 0 fully saturated rings. The number of carbonyl (C=O) groups is 3. The fraction of sp³-hybridized carbons (Fsp3) is 0.286. The Morgan fingerprint density at radius 2 is 1.97 bits per heavy atom. The van der Waals surface area contributed by atoms with E-state index in [4.69, 9.17) is 9.47 Å². The fourth-order valence-electron chi connectivity index (χ4n) is 3.52. The fourth-order valence-corrected chi connectivity index (χ4v) is 3.52. The Morgan fingerprint density at radius 3 is 2.79 bits per heavy atom. The average molecular weight is 396 g/mol. The molecule has 2 aromatic carbocycles. The first-order valence-corrected chi connectivity index (χ1v) is 9.33. The first-order valence-electron chi connectivity index (χ1n) is 9.33. The van der Waals surface area contributed by atoms with E-state index in [0.29, 0.717) is 30.0 Å². The smallest absolute Gasteiger partial charge is 0.330 e. The molecule has 2 heterocycles. The Labute approximate surface area is 167 Å². The highest BCUT2D eigenvalue weighted by Crippen LogP contribution is 2.31. The number of nitrogens with zero attached hydrogens (tertiary/aromatic N) is 1. The van der Waals surface area contributed by atoms with Crippen LogP contribution < -0.4 is 19.7 Å². The van der Waals surface area contributed by atoms with Gasteiger partial charge in [0.05, 0.1) is 12.3 Å². The van der Waals surface area contributed by atoms with Crippen LogP contribution in [0.2, 0.25) is 0 Å². The van der Waals surface area contributed by atoms with E-state index in [1.807, 2.05) is 0 Å². The number of ether oxygens (including phenoxy) is 2. The third-order valence-electron chi connectivity index (χ3n) is 4.97. The van der Waals surface area contributed by atoms with E-state index in [1.165, 1.54) is 4.90 Å². The van der Waals surface area contributed by atoms with Crippen LogP contribution in [0.4, 0.5) is 5.69 Å². The molecule has 0 aromatic heterocycles. The summed E-state index contributed by atoms with van der Waals surface area (Å²) in [6.07, 6.45) is 0.680. The van der Waals surface area contributed by atoms with Gasteiger partial charge in [0.25, 0.3) is 5.91 Å². The number of nitrogens with one attached hydrogen (secondary N) is 1. The highest BCUT2D eigenvalue weighted by atomic mass is 16.5. The van der Waals surface area contributed by atoms with Crippen molar-refractivity contribution in [3.05, 3.63) is 53.6 Å². The maximum Gasteiger partial charge on any atom is 0.330 e. The molecular weight excluding hydrogens is 376 g/mol. The van der Waals surface area contributed by atoms with Crippen molar-refractivity contribution in [2.75, 3.05) is 24.7 Å². The second-order valence-electron chi connectivity index (χ2n) is 6.86. The molecule has 2 aliphatic heterocycles. The summed E-state index contributed by atoms with van der Waals surface area (Å²) in [6.45, 7) is 0.612. The molecule has 2 aliphatic rings. The molecule has 0 spiro atoms. The number of anilines is 1. The van der Waals surface area contributed by atoms with E-state index >= 15 is 0 Å². The van der Waals surface area contributed by atoms with Crippen molar-refractivity contribution < 1.29 is 29.0 Å². The summed E-state index contributed by atoms with van der Waals surface area (Å²) in [7, 11) is 0. The molecule has 0 radical (unpaired) electrons. The molecule has 0 saturated heterocycles. The quantitative estimate of drug-likeness (QED) is 0.770. The van der Waals surface area contributed by atoms with Gasteiger partial charge in [0.15, 0.2) is 12.6 Å². The Morgan fingerprint density at radius 1 is 1.14 bits per heavy atom. The van der Waals surface area contributed by atoms with Gasteiger partial charge in [-0.2, -0.15) is 0 Å². The number of benzene rings is 2. The summed E-state index contributed by atoms with van der Waals surface area (Å²) in [6, 6.07) is 11.0. The maximum atomic E-state index is 12.5. The predicted molar refractivity (Wildman–Crippen MR) is 103 cm³/mol. The van der Waals surface area contributed by atoms with Gasteiger partial charge in [-0.15, -0.1) is 0 Å². The van der Waals surface area contributed by atoms with Gasteiger partial charge in [0.1, 0.15) is 11.5 Å². The molecule has 8 heteroatoms. The molecule has 0 saturated carbocycles. The van der Waals surface area contributed by atoms with Crippen molar-refractivity contribution in [2.45, 2.75) is 18.9 Å². The molecule has 150 valence electrons. The number of fused-ring (bicyclic) bond motifs is 2. The molecule has 2 N–H and O–H groups in total. The summed E-state index contributed by atoms with van der Waals surface area (Å²) in [4.78, 5) is 37.9. The zero-order valence-corrected chi connectivity index (χ0v) is 15.6. The van der Waals surface area contributed by atoms with Crippen molar-refractivity contribution in [3.63, 3.8) is 0 Å². The molecule has 0 aliphatic carbocycles. The van der Waals surface area contributed by atoms with Crippen molar-refractivity contribution in [3.8, 4) is 11.5 Å². The summed E-state index contributed by atoms with van der Waals surface area (Å²) in [5.74, 6) is -0.522. The van der Waals surface area contributed by atoms with Crippen LogP contribution in [0.25, 0.3) is 0 Å². The first kappa shape index (κ1) is 18.8. The Kier molecular flexibility index (Phi) is 5.07. The van der Waals surface area contributed by atoms with Gasteiger partial charge < -0.3 is 24.8 Å². The zero-order valence-electron chi connectivity index (χ0n) is 15.6. The van der Waals surface area contributed by atoms with E-state index in [-0.39, 0.29) is 25.5 Å². The van der Waals surface area contributed by atoms with E-state index < -0.39 is 17.9 Å². The minimum Gasteiger partial charge on any atom is -0.493 e. The van der Waals surface area contributed by atoms with E-state index in [2.05, 4.69) is 5.32 Å². The van der Waals surface area contributed by atoms with Gasteiger partial charge in [-0.3, -0.25) is 9.59 Å². The van der Waals surface area contributed by atoms with Crippen LogP contribution >= 0.6 is 0 Å². The second kappa shape index (κ2) is 7.83. The topological polar surface area (TPSA) is 105 Å². The molecule has 0 bridgehead atoms. The standard InChI is InChI=1S/C21H20N2O6/c24-18(7-9-23-15-3-1-2-4-17(15)29-12-19(23)25)22-20(21(26)27)14-5-6-16-13(11-14)8-10-28-16/h1-6,11,20H,7-10,12H2,(H,22,24)(H,26,27).